The number of amidine groups is 1. The summed E-state index contributed by atoms with van der Waals surface area (Å²) in [5.41, 5.74) is -0.0946. The average Bonchev–Trinajstić information content (AvgIpc) is 4.07. The molecule has 2 aliphatic heterocycles. The number of halogens is 4. The molecule has 6 heterocycles. The molecule has 0 atom stereocenters. The van der Waals surface area contributed by atoms with Crippen LogP contribution in [0.3, 0.4) is 0 Å². The van der Waals surface area contributed by atoms with Crippen molar-refractivity contribution in [2.75, 3.05) is 5.32 Å². The van der Waals surface area contributed by atoms with Crippen LogP contribution < -0.4 is 10.0 Å². The van der Waals surface area contributed by atoms with E-state index in [4.69, 9.17) is 0 Å². The summed E-state index contributed by atoms with van der Waals surface area (Å²) < 4.78 is 57.7. The molecular formula is C36H26F4N10O4. The number of nitrogens with zero attached hydrogens (tertiary/aromatic N) is 9. The first-order valence-electron chi connectivity index (χ1n) is 16.3. The summed E-state index contributed by atoms with van der Waals surface area (Å²) in [5, 5.41) is 23.9. The van der Waals surface area contributed by atoms with Crippen molar-refractivity contribution < 1.29 is 37.1 Å². The van der Waals surface area contributed by atoms with Gasteiger partial charge in [-0.05, 0) is 43.9 Å². The van der Waals surface area contributed by atoms with Gasteiger partial charge in [0, 0.05) is 35.9 Å². The Hall–Kier alpha value is -6.82. The Labute approximate surface area is 303 Å². The quantitative estimate of drug-likeness (QED) is 0.150. The second kappa shape index (κ2) is 15.0. The molecule has 0 unspecified atom stereocenters. The largest absolute Gasteiger partial charge is 0.619 e. The number of anilines is 1. The van der Waals surface area contributed by atoms with Gasteiger partial charge in [-0.15, -0.1) is 0 Å². The minimum absolute atomic E-state index is 0.0504. The summed E-state index contributed by atoms with van der Waals surface area (Å²) >= 11 is 0. The maximum Gasteiger partial charge on any atom is 0.250 e. The molecule has 0 spiro atoms. The summed E-state index contributed by atoms with van der Waals surface area (Å²) in [5.74, 6) is -4.26. The molecule has 4 aromatic rings. The minimum Gasteiger partial charge on any atom is -0.619 e. The summed E-state index contributed by atoms with van der Waals surface area (Å²) in [7, 11) is 0. The van der Waals surface area contributed by atoms with E-state index >= 15 is 0 Å². The van der Waals surface area contributed by atoms with Crippen molar-refractivity contribution in [2.45, 2.75) is 25.7 Å². The number of hydrogen-bond donors (Lipinski definition) is 2. The average molecular weight is 739 g/mol. The Bertz CT molecular complexity index is 2310. The summed E-state index contributed by atoms with van der Waals surface area (Å²) in [6.45, 7) is 0. The van der Waals surface area contributed by atoms with Crippen molar-refractivity contribution in [1.29, 1.82) is 0 Å². The van der Waals surface area contributed by atoms with Gasteiger partial charge in [0.1, 0.15) is 22.8 Å². The number of aromatic nitrogens is 5. The van der Waals surface area contributed by atoms with Crippen molar-refractivity contribution in [3.05, 3.63) is 125 Å². The lowest BCUT2D eigenvalue weighted by Crippen LogP contribution is -2.24. The van der Waals surface area contributed by atoms with Crippen LogP contribution in [0.1, 0.15) is 31.2 Å². The van der Waals surface area contributed by atoms with E-state index in [1.54, 1.807) is 24.4 Å². The van der Waals surface area contributed by atoms with Gasteiger partial charge in [0.05, 0.1) is 53.9 Å². The standard InChI is InChI=1S/2C18H13F2N5O2/c19-12-6-21-7-13(20)15(12)17-16(11-2-1-5-25(27)9-11)23-14(8-22-17)24-18(26)10-3-4-10;19-12-8-25(27)9-13(20)15(12)17-16(11-2-1-5-21-6-11)23-14(7-22-17)24-18(26)10-3-4-10/h1-2,5-10H,3-4H2,(H,23,24,26);1-2,5-10,27H,3-4H2. The lowest BCUT2D eigenvalue weighted by Gasteiger charge is -2.19. The van der Waals surface area contributed by atoms with Gasteiger partial charge >= 0.3 is 0 Å². The second-order valence-electron chi connectivity index (χ2n) is 12.2. The van der Waals surface area contributed by atoms with Crippen molar-refractivity contribution >= 4 is 35.4 Å². The van der Waals surface area contributed by atoms with Crippen LogP contribution >= 0.6 is 0 Å². The summed E-state index contributed by atoms with van der Waals surface area (Å²) in [6, 6.07) is 6.32. The fourth-order valence-corrected chi connectivity index (χ4v) is 5.23. The van der Waals surface area contributed by atoms with Gasteiger partial charge in [-0.1, -0.05) is 0 Å². The lowest BCUT2D eigenvalue weighted by atomic mass is 10.0. The van der Waals surface area contributed by atoms with E-state index in [-0.39, 0.29) is 63.2 Å². The molecule has 0 aromatic carbocycles. The highest BCUT2D eigenvalue weighted by Crippen LogP contribution is 2.35. The Morgan fingerprint density at radius 3 is 2.26 bits per heavy atom. The number of allylic oxidation sites excluding steroid dienone is 4. The first kappa shape index (κ1) is 35.6. The first-order valence-corrected chi connectivity index (χ1v) is 16.3. The highest BCUT2D eigenvalue weighted by molar-refractivity contribution is 6.39. The maximum absolute atomic E-state index is 14.3. The predicted octanol–water partition coefficient (Wildman–Crippen LogP) is 5.34. The number of carbonyl (C=O) groups is 2. The summed E-state index contributed by atoms with van der Waals surface area (Å²) in [6.07, 6.45) is 14.3. The van der Waals surface area contributed by atoms with Crippen molar-refractivity contribution in [1.82, 2.24) is 25.0 Å². The molecule has 8 rings (SSSR count). The molecule has 2 aliphatic carbocycles. The van der Waals surface area contributed by atoms with Crippen LogP contribution in [0.4, 0.5) is 23.4 Å². The van der Waals surface area contributed by atoms with Crippen LogP contribution in [0.25, 0.3) is 22.5 Å². The molecule has 4 aromatic heterocycles. The van der Waals surface area contributed by atoms with Gasteiger partial charge in [0.15, 0.2) is 47.3 Å². The molecule has 2 amide bonds. The molecule has 0 radical (unpaired) electrons. The molecule has 2 saturated carbocycles. The molecule has 272 valence electrons. The lowest BCUT2D eigenvalue weighted by molar-refractivity contribution is -0.604. The fraction of sp³-hybridized carbons (Fsp3) is 0.167. The van der Waals surface area contributed by atoms with Crippen LogP contribution in [-0.4, -0.2) is 59.8 Å². The third-order valence-electron chi connectivity index (χ3n) is 8.16. The summed E-state index contributed by atoms with van der Waals surface area (Å²) in [4.78, 5) is 52.1. The molecule has 4 aliphatic rings. The number of amides is 2. The van der Waals surface area contributed by atoms with Crippen LogP contribution in [0, 0.1) is 28.7 Å². The molecule has 18 heteroatoms. The molecular weight excluding hydrogens is 712 g/mol. The number of nitrogens with one attached hydrogen (secondary N) is 1. The van der Waals surface area contributed by atoms with Crippen LogP contribution in [0.15, 0.2) is 118 Å². The van der Waals surface area contributed by atoms with Gasteiger partial charge in [-0.25, -0.2) is 42.6 Å². The van der Waals surface area contributed by atoms with Crippen LogP contribution in [0.5, 0.6) is 0 Å². The van der Waals surface area contributed by atoms with Gasteiger partial charge < -0.3 is 10.5 Å². The zero-order valence-corrected chi connectivity index (χ0v) is 27.8. The molecule has 2 N–H and O–H groups in total. The van der Waals surface area contributed by atoms with Gasteiger partial charge in [0.2, 0.25) is 5.91 Å². The number of pyridine rings is 3. The Morgan fingerprint density at radius 2 is 1.61 bits per heavy atom. The zero-order valence-electron chi connectivity index (χ0n) is 27.8. The fourth-order valence-electron chi connectivity index (χ4n) is 5.23. The van der Waals surface area contributed by atoms with E-state index in [9.17, 15) is 37.6 Å². The number of aliphatic imine (C=N–C) groups is 3. The Morgan fingerprint density at radius 1 is 0.907 bits per heavy atom. The van der Waals surface area contributed by atoms with E-state index in [0.717, 1.165) is 38.1 Å². The van der Waals surface area contributed by atoms with Crippen molar-refractivity contribution in [3.8, 4) is 22.5 Å². The van der Waals surface area contributed by atoms with Crippen molar-refractivity contribution in [3.63, 3.8) is 0 Å². The highest BCUT2D eigenvalue weighted by Gasteiger charge is 2.32. The monoisotopic (exact) mass is 738 g/mol. The predicted molar refractivity (Wildman–Crippen MR) is 184 cm³/mol. The third-order valence-corrected chi connectivity index (χ3v) is 8.16. The zero-order chi connectivity index (χ0) is 37.9. The molecule has 0 bridgehead atoms. The van der Waals surface area contributed by atoms with E-state index < -0.39 is 34.4 Å². The van der Waals surface area contributed by atoms with E-state index in [1.165, 1.54) is 37.1 Å². The minimum atomic E-state index is -1.02. The second-order valence-corrected chi connectivity index (χ2v) is 12.2. The molecule has 54 heavy (non-hydrogen) atoms. The van der Waals surface area contributed by atoms with E-state index in [2.05, 4.69) is 40.2 Å². The third kappa shape index (κ3) is 7.97. The molecule has 0 saturated heterocycles. The van der Waals surface area contributed by atoms with Crippen LogP contribution in [0.2, 0.25) is 0 Å². The number of carbonyl (C=O) groups excluding carboxylic acids is 2. The van der Waals surface area contributed by atoms with E-state index in [1.807, 2.05) is 0 Å². The molecule has 2 fully saturated rings. The maximum atomic E-state index is 14.3. The van der Waals surface area contributed by atoms with Gasteiger partial charge in [-0.3, -0.25) is 24.8 Å². The van der Waals surface area contributed by atoms with Gasteiger partial charge in [0.25, 0.3) is 5.91 Å². The Kier molecular flexibility index (Phi) is 9.91. The number of hydrogen-bond acceptors (Lipinski definition) is 10. The normalized spacial score (nSPS) is 17.3. The van der Waals surface area contributed by atoms with E-state index in [0.29, 0.717) is 28.3 Å². The highest BCUT2D eigenvalue weighted by atomic mass is 19.1. The van der Waals surface area contributed by atoms with Crippen LogP contribution in [-0.2, 0) is 9.59 Å². The molecule has 14 nitrogen and oxygen atoms in total. The Balaban J connectivity index is 0.000000167. The first-order chi connectivity index (χ1) is 26.0. The smallest absolute Gasteiger partial charge is 0.250 e. The number of rotatable bonds is 6. The van der Waals surface area contributed by atoms with Gasteiger partial charge in [-0.2, -0.15) is 9.72 Å². The number of hydroxylamine groups is 2. The SMILES string of the molecule is O=C(N=C1C=NC(=C2C(F)=CN(O)C=C2F)C(c2cccnc2)=N1)C1CC1.O=C(Nc1cnc(-c2c(F)cncc2F)c(-c2ccc[n+]([O-])c2)n1)C1CC1. The van der Waals surface area contributed by atoms with Crippen molar-refractivity contribution in [2.24, 2.45) is 26.8 Å². The topological polar surface area (TPSA) is 185 Å².